The van der Waals surface area contributed by atoms with Crippen molar-refractivity contribution in [3.05, 3.63) is 52.7 Å². The Morgan fingerprint density at radius 1 is 1.29 bits per heavy atom. The van der Waals surface area contributed by atoms with Crippen LogP contribution in [0.15, 0.2) is 30.3 Å². The van der Waals surface area contributed by atoms with Crippen LogP contribution in [0.4, 0.5) is 11.5 Å². The van der Waals surface area contributed by atoms with Gasteiger partial charge in [-0.3, -0.25) is 4.79 Å². The Hall–Kier alpha value is -2.56. The SMILES string of the molecule is Cc1cc(C)c(C(N)=O)c(NC(C)c2cccc(N)c2)n1. The fourth-order valence-corrected chi connectivity index (χ4v) is 2.37. The van der Waals surface area contributed by atoms with Crippen LogP contribution in [0.5, 0.6) is 0 Å². The van der Waals surface area contributed by atoms with Gasteiger partial charge in [0.25, 0.3) is 5.91 Å². The minimum absolute atomic E-state index is 0.0414. The van der Waals surface area contributed by atoms with Crippen LogP contribution in [0, 0.1) is 13.8 Å². The molecule has 2 aromatic rings. The summed E-state index contributed by atoms with van der Waals surface area (Å²) in [6.45, 7) is 5.72. The standard InChI is InChI=1S/C16H20N4O/c1-9-7-10(2)19-16(14(9)15(18)21)20-11(3)12-5-4-6-13(17)8-12/h4-8,11H,17H2,1-3H3,(H2,18,21)(H,19,20). The minimum atomic E-state index is -0.484. The number of hydrogen-bond acceptors (Lipinski definition) is 4. The van der Waals surface area contributed by atoms with E-state index in [-0.39, 0.29) is 6.04 Å². The lowest BCUT2D eigenvalue weighted by molar-refractivity contribution is 0.1000. The van der Waals surface area contributed by atoms with Gasteiger partial charge in [-0.05, 0) is 50.1 Å². The molecule has 5 nitrogen and oxygen atoms in total. The predicted octanol–water partition coefficient (Wildman–Crippen LogP) is 2.55. The summed E-state index contributed by atoms with van der Waals surface area (Å²) in [7, 11) is 0. The highest BCUT2D eigenvalue weighted by Crippen LogP contribution is 2.24. The Kier molecular flexibility index (Phi) is 4.12. The van der Waals surface area contributed by atoms with Gasteiger partial charge in [-0.15, -0.1) is 0 Å². The summed E-state index contributed by atoms with van der Waals surface area (Å²) < 4.78 is 0. The average Bonchev–Trinajstić information content (AvgIpc) is 2.37. The number of hydrogen-bond donors (Lipinski definition) is 3. The van der Waals surface area contributed by atoms with Gasteiger partial charge in [0, 0.05) is 11.4 Å². The molecule has 1 aromatic heterocycles. The first-order valence-electron chi connectivity index (χ1n) is 6.78. The van der Waals surface area contributed by atoms with E-state index < -0.39 is 5.91 Å². The number of benzene rings is 1. The molecule has 1 heterocycles. The smallest absolute Gasteiger partial charge is 0.252 e. The van der Waals surface area contributed by atoms with Crippen molar-refractivity contribution in [2.75, 3.05) is 11.1 Å². The fraction of sp³-hybridized carbons (Fsp3) is 0.250. The van der Waals surface area contributed by atoms with Crippen molar-refractivity contribution in [2.24, 2.45) is 5.73 Å². The van der Waals surface area contributed by atoms with E-state index in [0.717, 1.165) is 16.8 Å². The molecule has 0 fully saturated rings. The Morgan fingerprint density at radius 3 is 2.62 bits per heavy atom. The van der Waals surface area contributed by atoms with Crippen LogP contribution in [0.3, 0.4) is 0 Å². The van der Waals surface area contributed by atoms with Crippen LogP contribution < -0.4 is 16.8 Å². The number of carbonyl (C=O) groups excluding carboxylic acids is 1. The van der Waals surface area contributed by atoms with E-state index in [2.05, 4.69) is 10.3 Å². The van der Waals surface area contributed by atoms with E-state index in [1.54, 1.807) is 0 Å². The number of nitrogens with zero attached hydrogens (tertiary/aromatic N) is 1. The number of primary amides is 1. The van der Waals surface area contributed by atoms with E-state index in [4.69, 9.17) is 11.5 Å². The van der Waals surface area contributed by atoms with Crippen LogP contribution in [0.2, 0.25) is 0 Å². The Morgan fingerprint density at radius 2 is 2.00 bits per heavy atom. The topological polar surface area (TPSA) is 94.0 Å². The number of nitrogens with one attached hydrogen (secondary N) is 1. The van der Waals surface area contributed by atoms with Gasteiger partial charge in [0.15, 0.2) is 0 Å². The van der Waals surface area contributed by atoms with Crippen LogP contribution in [0.25, 0.3) is 0 Å². The molecule has 0 radical (unpaired) electrons. The maximum Gasteiger partial charge on any atom is 0.252 e. The predicted molar refractivity (Wildman–Crippen MR) is 85.1 cm³/mol. The highest BCUT2D eigenvalue weighted by Gasteiger charge is 2.16. The number of nitrogen functional groups attached to an aromatic ring is 1. The van der Waals surface area contributed by atoms with Crippen LogP contribution in [-0.4, -0.2) is 10.9 Å². The molecule has 0 bridgehead atoms. The first kappa shape index (κ1) is 14.8. The lowest BCUT2D eigenvalue weighted by atomic mass is 10.1. The Balaban J connectivity index is 2.37. The van der Waals surface area contributed by atoms with Crippen LogP contribution >= 0.6 is 0 Å². The molecule has 110 valence electrons. The molecule has 0 saturated carbocycles. The molecule has 21 heavy (non-hydrogen) atoms. The number of aryl methyl sites for hydroxylation is 2. The maximum atomic E-state index is 11.6. The molecule has 0 aliphatic rings. The molecule has 0 saturated heterocycles. The second-order valence-electron chi connectivity index (χ2n) is 5.20. The zero-order chi connectivity index (χ0) is 15.6. The van der Waals surface area contributed by atoms with E-state index >= 15 is 0 Å². The number of amides is 1. The van der Waals surface area contributed by atoms with Gasteiger partial charge in [0.2, 0.25) is 0 Å². The number of pyridine rings is 1. The highest BCUT2D eigenvalue weighted by molar-refractivity contribution is 5.99. The van der Waals surface area contributed by atoms with Crippen molar-refractivity contribution in [3.8, 4) is 0 Å². The average molecular weight is 284 g/mol. The van der Waals surface area contributed by atoms with Gasteiger partial charge in [0.1, 0.15) is 5.82 Å². The summed E-state index contributed by atoms with van der Waals surface area (Å²) in [5.74, 6) is 0.0252. The number of anilines is 2. The molecule has 1 amide bonds. The molecule has 0 spiro atoms. The van der Waals surface area contributed by atoms with Crippen molar-refractivity contribution in [1.29, 1.82) is 0 Å². The summed E-state index contributed by atoms with van der Waals surface area (Å²) in [6.07, 6.45) is 0. The van der Waals surface area contributed by atoms with Crippen molar-refractivity contribution in [1.82, 2.24) is 4.98 Å². The highest BCUT2D eigenvalue weighted by atomic mass is 16.1. The van der Waals surface area contributed by atoms with Crippen molar-refractivity contribution in [2.45, 2.75) is 26.8 Å². The van der Waals surface area contributed by atoms with Crippen molar-refractivity contribution >= 4 is 17.4 Å². The molecule has 1 aromatic carbocycles. The van der Waals surface area contributed by atoms with Gasteiger partial charge < -0.3 is 16.8 Å². The first-order valence-corrected chi connectivity index (χ1v) is 6.78. The summed E-state index contributed by atoms with van der Waals surface area (Å²) >= 11 is 0. The van der Waals surface area contributed by atoms with E-state index in [1.165, 1.54) is 0 Å². The quantitative estimate of drug-likeness (QED) is 0.752. The molecule has 1 unspecified atom stereocenters. The summed E-state index contributed by atoms with van der Waals surface area (Å²) in [5.41, 5.74) is 15.1. The number of rotatable bonds is 4. The monoisotopic (exact) mass is 284 g/mol. The molecule has 0 aliphatic heterocycles. The zero-order valence-corrected chi connectivity index (χ0v) is 12.5. The maximum absolute atomic E-state index is 11.6. The van der Waals surface area contributed by atoms with Gasteiger partial charge in [0.05, 0.1) is 11.6 Å². The summed E-state index contributed by atoms with van der Waals surface area (Å²) in [6, 6.07) is 9.40. The molecular formula is C16H20N4O. The molecule has 1 atom stereocenters. The number of carbonyl (C=O) groups is 1. The number of nitrogens with two attached hydrogens (primary N) is 2. The molecular weight excluding hydrogens is 264 g/mol. The summed E-state index contributed by atoms with van der Waals surface area (Å²) in [4.78, 5) is 16.0. The minimum Gasteiger partial charge on any atom is -0.399 e. The molecule has 0 aliphatic carbocycles. The third-order valence-electron chi connectivity index (χ3n) is 3.35. The largest absolute Gasteiger partial charge is 0.399 e. The first-order chi connectivity index (χ1) is 9.88. The Labute approximate surface area is 124 Å². The van der Waals surface area contributed by atoms with Crippen molar-refractivity contribution < 1.29 is 4.79 Å². The second kappa shape index (κ2) is 5.83. The van der Waals surface area contributed by atoms with Crippen molar-refractivity contribution in [3.63, 3.8) is 0 Å². The fourth-order valence-electron chi connectivity index (χ4n) is 2.37. The molecule has 2 rings (SSSR count). The van der Waals surface area contributed by atoms with E-state index in [9.17, 15) is 4.79 Å². The van der Waals surface area contributed by atoms with Gasteiger partial charge >= 0.3 is 0 Å². The third kappa shape index (κ3) is 3.31. The van der Waals surface area contributed by atoms with Crippen LogP contribution in [0.1, 0.15) is 40.1 Å². The second-order valence-corrected chi connectivity index (χ2v) is 5.20. The van der Waals surface area contributed by atoms with E-state index in [0.29, 0.717) is 17.1 Å². The van der Waals surface area contributed by atoms with E-state index in [1.807, 2.05) is 51.1 Å². The van der Waals surface area contributed by atoms with Gasteiger partial charge in [-0.25, -0.2) is 4.98 Å². The van der Waals surface area contributed by atoms with Gasteiger partial charge in [-0.1, -0.05) is 12.1 Å². The van der Waals surface area contributed by atoms with Crippen LogP contribution in [-0.2, 0) is 0 Å². The third-order valence-corrected chi connectivity index (χ3v) is 3.35. The summed E-state index contributed by atoms with van der Waals surface area (Å²) in [5, 5.41) is 3.25. The lowest BCUT2D eigenvalue weighted by Crippen LogP contribution is -2.19. The van der Waals surface area contributed by atoms with Gasteiger partial charge in [-0.2, -0.15) is 0 Å². The molecule has 5 N–H and O–H groups in total. The zero-order valence-electron chi connectivity index (χ0n) is 12.5. The lowest BCUT2D eigenvalue weighted by Gasteiger charge is -2.18. The Bertz CT molecular complexity index is 682. The molecule has 5 heteroatoms. The normalized spacial score (nSPS) is 12.0. The number of aromatic nitrogens is 1.